The standard InChI is InChI=1S/C17H19N3O7/c1-18(13-7-6-12(19(21)22)9-14(13)20(23)24)10-11-5-8-15(25-2)17(27-4)16(11)26-3/h5-9H,10H2,1-4H3. The third-order valence-corrected chi connectivity index (χ3v) is 3.97. The number of nitrogens with zero attached hydrogens (tertiary/aromatic N) is 3. The first-order valence-corrected chi connectivity index (χ1v) is 7.75. The first-order chi connectivity index (χ1) is 12.8. The van der Waals surface area contributed by atoms with E-state index < -0.39 is 9.85 Å². The van der Waals surface area contributed by atoms with Crippen molar-refractivity contribution in [2.24, 2.45) is 0 Å². The zero-order chi connectivity index (χ0) is 20.1. The third-order valence-electron chi connectivity index (χ3n) is 3.97. The molecule has 2 rings (SSSR count). The molecule has 0 bridgehead atoms. The van der Waals surface area contributed by atoms with Gasteiger partial charge in [0.15, 0.2) is 11.5 Å². The van der Waals surface area contributed by atoms with E-state index in [2.05, 4.69) is 0 Å². The Morgan fingerprint density at radius 3 is 2.11 bits per heavy atom. The van der Waals surface area contributed by atoms with Gasteiger partial charge in [0.05, 0.1) is 37.2 Å². The van der Waals surface area contributed by atoms with Crippen molar-refractivity contribution in [3.8, 4) is 17.2 Å². The second-order valence-corrected chi connectivity index (χ2v) is 5.54. The lowest BCUT2D eigenvalue weighted by atomic mass is 10.1. The maximum absolute atomic E-state index is 11.4. The molecule has 10 nitrogen and oxygen atoms in total. The topological polar surface area (TPSA) is 117 Å². The zero-order valence-electron chi connectivity index (χ0n) is 15.3. The van der Waals surface area contributed by atoms with Gasteiger partial charge < -0.3 is 19.1 Å². The first kappa shape index (κ1) is 19.8. The molecule has 0 aliphatic rings. The number of hydrogen-bond donors (Lipinski definition) is 0. The first-order valence-electron chi connectivity index (χ1n) is 7.75. The van der Waals surface area contributed by atoms with Crippen LogP contribution in [0.2, 0.25) is 0 Å². The lowest BCUT2D eigenvalue weighted by Crippen LogP contribution is -2.18. The van der Waals surface area contributed by atoms with Crippen LogP contribution in [0.3, 0.4) is 0 Å². The number of nitro groups is 2. The molecular weight excluding hydrogens is 358 g/mol. The number of nitro benzene ring substituents is 2. The fourth-order valence-corrected chi connectivity index (χ4v) is 2.72. The van der Waals surface area contributed by atoms with E-state index in [9.17, 15) is 20.2 Å². The smallest absolute Gasteiger partial charge is 0.299 e. The highest BCUT2D eigenvalue weighted by atomic mass is 16.6. The molecule has 0 radical (unpaired) electrons. The van der Waals surface area contributed by atoms with Gasteiger partial charge in [-0.2, -0.15) is 0 Å². The lowest BCUT2D eigenvalue weighted by molar-refractivity contribution is -0.393. The summed E-state index contributed by atoms with van der Waals surface area (Å²) in [5, 5.41) is 22.2. The molecule has 0 saturated carbocycles. The number of ether oxygens (including phenoxy) is 3. The molecule has 144 valence electrons. The fraction of sp³-hybridized carbons (Fsp3) is 0.294. The Hall–Kier alpha value is -3.56. The monoisotopic (exact) mass is 377 g/mol. The van der Waals surface area contributed by atoms with Crippen LogP contribution in [0.1, 0.15) is 5.56 Å². The Morgan fingerprint density at radius 2 is 1.59 bits per heavy atom. The van der Waals surface area contributed by atoms with E-state index in [1.807, 2.05) is 0 Å². The molecule has 0 N–H and O–H groups in total. The molecule has 0 atom stereocenters. The van der Waals surface area contributed by atoms with Gasteiger partial charge in [-0.25, -0.2) is 0 Å². The number of hydrogen-bond acceptors (Lipinski definition) is 8. The van der Waals surface area contributed by atoms with Gasteiger partial charge in [-0.3, -0.25) is 20.2 Å². The minimum atomic E-state index is -0.672. The van der Waals surface area contributed by atoms with Gasteiger partial charge in [-0.1, -0.05) is 0 Å². The van der Waals surface area contributed by atoms with Crippen LogP contribution in [0, 0.1) is 20.2 Å². The Kier molecular flexibility index (Phi) is 6.01. The molecule has 0 spiro atoms. The van der Waals surface area contributed by atoms with E-state index in [0.717, 1.165) is 6.07 Å². The van der Waals surface area contributed by atoms with E-state index in [1.54, 1.807) is 24.1 Å². The summed E-state index contributed by atoms with van der Waals surface area (Å²) in [7, 11) is 6.11. The van der Waals surface area contributed by atoms with Crippen LogP contribution >= 0.6 is 0 Å². The molecule has 0 heterocycles. The number of rotatable bonds is 8. The van der Waals surface area contributed by atoms with Crippen LogP contribution in [0.5, 0.6) is 17.2 Å². The van der Waals surface area contributed by atoms with Crippen LogP contribution in [-0.4, -0.2) is 38.2 Å². The van der Waals surface area contributed by atoms with Crippen LogP contribution in [0.4, 0.5) is 17.1 Å². The molecule has 2 aromatic rings. The quantitative estimate of drug-likeness (QED) is 0.508. The molecule has 0 aliphatic carbocycles. The molecule has 0 fully saturated rings. The minimum Gasteiger partial charge on any atom is -0.493 e. The molecule has 0 aliphatic heterocycles. The summed E-state index contributed by atoms with van der Waals surface area (Å²) in [6.45, 7) is 0.238. The van der Waals surface area contributed by atoms with Crippen molar-refractivity contribution in [3.63, 3.8) is 0 Å². The summed E-state index contributed by atoms with van der Waals surface area (Å²) in [6, 6.07) is 6.98. The van der Waals surface area contributed by atoms with Gasteiger partial charge in [0.25, 0.3) is 11.4 Å². The molecular formula is C17H19N3O7. The normalized spacial score (nSPS) is 10.2. The average molecular weight is 377 g/mol. The number of anilines is 1. The van der Waals surface area contributed by atoms with Crippen LogP contribution in [0.25, 0.3) is 0 Å². The van der Waals surface area contributed by atoms with Crippen molar-refractivity contribution in [2.45, 2.75) is 6.54 Å². The van der Waals surface area contributed by atoms with Crippen LogP contribution in [0.15, 0.2) is 30.3 Å². The summed E-state index contributed by atoms with van der Waals surface area (Å²) >= 11 is 0. The maximum atomic E-state index is 11.4. The van der Waals surface area contributed by atoms with Gasteiger partial charge >= 0.3 is 0 Å². The van der Waals surface area contributed by atoms with E-state index in [0.29, 0.717) is 22.8 Å². The lowest BCUT2D eigenvalue weighted by Gasteiger charge is -2.22. The fourth-order valence-electron chi connectivity index (χ4n) is 2.72. The molecule has 0 unspecified atom stereocenters. The van der Waals surface area contributed by atoms with E-state index >= 15 is 0 Å². The van der Waals surface area contributed by atoms with Crippen molar-refractivity contribution in [1.29, 1.82) is 0 Å². The van der Waals surface area contributed by atoms with Crippen molar-refractivity contribution in [3.05, 3.63) is 56.1 Å². The van der Waals surface area contributed by atoms with Crippen molar-refractivity contribution in [2.75, 3.05) is 33.3 Å². The molecule has 2 aromatic carbocycles. The summed E-state index contributed by atoms with van der Waals surface area (Å²) < 4.78 is 16.0. The summed E-state index contributed by atoms with van der Waals surface area (Å²) in [4.78, 5) is 22.5. The predicted molar refractivity (Wildman–Crippen MR) is 98.0 cm³/mol. The maximum Gasteiger partial charge on any atom is 0.299 e. The summed E-state index contributed by atoms with van der Waals surface area (Å²) in [5.41, 5.74) is 0.237. The van der Waals surface area contributed by atoms with Gasteiger partial charge in [-0.05, 0) is 18.2 Å². The van der Waals surface area contributed by atoms with Gasteiger partial charge in [-0.15, -0.1) is 0 Å². The van der Waals surface area contributed by atoms with E-state index in [1.165, 1.54) is 33.5 Å². The second kappa shape index (κ2) is 8.21. The van der Waals surface area contributed by atoms with Crippen molar-refractivity contribution >= 4 is 17.1 Å². The molecule has 0 amide bonds. The summed E-state index contributed by atoms with van der Waals surface area (Å²) in [6.07, 6.45) is 0. The van der Waals surface area contributed by atoms with Crippen LogP contribution < -0.4 is 19.1 Å². The van der Waals surface area contributed by atoms with Gasteiger partial charge in [0, 0.05) is 25.2 Å². The van der Waals surface area contributed by atoms with Gasteiger partial charge in [0.1, 0.15) is 5.69 Å². The Balaban J connectivity index is 2.44. The minimum absolute atomic E-state index is 0.238. The van der Waals surface area contributed by atoms with Crippen LogP contribution in [-0.2, 0) is 6.54 Å². The largest absolute Gasteiger partial charge is 0.493 e. The highest BCUT2D eigenvalue weighted by Crippen LogP contribution is 2.41. The predicted octanol–water partition coefficient (Wildman–Crippen LogP) is 3.17. The molecule has 0 saturated heterocycles. The highest BCUT2D eigenvalue weighted by Gasteiger charge is 2.23. The molecule has 0 aromatic heterocycles. The Bertz CT molecular complexity index is 870. The average Bonchev–Trinajstić information content (AvgIpc) is 2.66. The number of benzene rings is 2. The Morgan fingerprint density at radius 1 is 0.926 bits per heavy atom. The summed E-state index contributed by atoms with van der Waals surface area (Å²) in [5.74, 6) is 1.33. The third kappa shape index (κ3) is 4.00. The molecule has 10 heteroatoms. The molecule has 27 heavy (non-hydrogen) atoms. The second-order valence-electron chi connectivity index (χ2n) is 5.54. The van der Waals surface area contributed by atoms with Crippen molar-refractivity contribution < 1.29 is 24.1 Å². The number of non-ortho nitro benzene ring substituents is 1. The number of methoxy groups -OCH3 is 3. The van der Waals surface area contributed by atoms with E-state index in [-0.39, 0.29) is 23.6 Å². The SMILES string of the molecule is COc1ccc(CN(C)c2ccc([N+](=O)[O-])cc2[N+](=O)[O-])c(OC)c1OC. The van der Waals surface area contributed by atoms with Gasteiger partial charge in [0.2, 0.25) is 5.75 Å². The zero-order valence-corrected chi connectivity index (χ0v) is 15.3. The Labute approximate surface area is 155 Å². The van der Waals surface area contributed by atoms with Crippen molar-refractivity contribution in [1.82, 2.24) is 0 Å². The highest BCUT2D eigenvalue weighted by molar-refractivity contribution is 5.67. The van der Waals surface area contributed by atoms with E-state index in [4.69, 9.17) is 14.2 Å².